The van der Waals surface area contributed by atoms with E-state index in [0.29, 0.717) is 11.4 Å². The molecule has 1 N–H and O–H groups in total. The minimum atomic E-state index is 0.259. The number of morpholine rings is 1. The van der Waals surface area contributed by atoms with Gasteiger partial charge in [-0.3, -0.25) is 4.90 Å². The van der Waals surface area contributed by atoms with E-state index in [0.717, 1.165) is 32.0 Å². The predicted molar refractivity (Wildman–Crippen MR) is 60.9 cm³/mol. The quantitative estimate of drug-likeness (QED) is 0.742. The number of aliphatic hydroxyl groups is 1. The monoisotopic (exact) mass is 219 g/mol. The molecule has 2 unspecified atom stereocenters. The number of thioether (sulfide) groups is 1. The molecule has 3 nitrogen and oxygen atoms in total. The van der Waals surface area contributed by atoms with Crippen LogP contribution in [0.4, 0.5) is 0 Å². The van der Waals surface area contributed by atoms with Crippen molar-refractivity contribution in [1.82, 2.24) is 4.90 Å². The van der Waals surface area contributed by atoms with Crippen LogP contribution in [0.15, 0.2) is 0 Å². The molecule has 4 heteroatoms. The Bertz CT molecular complexity index is 157. The van der Waals surface area contributed by atoms with Gasteiger partial charge in [-0.1, -0.05) is 13.8 Å². The van der Waals surface area contributed by atoms with Gasteiger partial charge in [0.15, 0.2) is 0 Å². The molecule has 1 heterocycles. The van der Waals surface area contributed by atoms with Gasteiger partial charge in [0, 0.05) is 24.1 Å². The van der Waals surface area contributed by atoms with E-state index in [1.807, 2.05) is 6.92 Å². The Hall–Kier alpha value is 0.230. The number of rotatable bonds is 5. The first-order valence-electron chi connectivity index (χ1n) is 5.32. The summed E-state index contributed by atoms with van der Waals surface area (Å²) in [6.07, 6.45) is 0.350. The van der Waals surface area contributed by atoms with Gasteiger partial charge in [0.05, 0.1) is 19.3 Å². The number of hydrogen-bond donors (Lipinski definition) is 1. The van der Waals surface area contributed by atoms with E-state index in [2.05, 4.69) is 11.8 Å². The molecule has 1 aliphatic heterocycles. The zero-order valence-electron chi connectivity index (χ0n) is 9.11. The maximum atomic E-state index is 8.89. The summed E-state index contributed by atoms with van der Waals surface area (Å²) in [7, 11) is 0. The number of hydrogen-bond acceptors (Lipinski definition) is 4. The fourth-order valence-electron chi connectivity index (χ4n) is 1.49. The average molecular weight is 219 g/mol. The minimum absolute atomic E-state index is 0.259. The average Bonchev–Trinajstić information content (AvgIpc) is 2.26. The molecule has 0 aliphatic carbocycles. The van der Waals surface area contributed by atoms with E-state index in [4.69, 9.17) is 9.84 Å². The summed E-state index contributed by atoms with van der Waals surface area (Å²) >= 11 is 1.79. The molecule has 1 fully saturated rings. The van der Waals surface area contributed by atoms with Crippen LogP contribution in [0.1, 0.15) is 13.8 Å². The molecule has 2 atom stereocenters. The lowest BCUT2D eigenvalue weighted by Gasteiger charge is -2.32. The van der Waals surface area contributed by atoms with Crippen LogP contribution in [0.2, 0.25) is 0 Å². The van der Waals surface area contributed by atoms with Gasteiger partial charge in [-0.05, 0) is 6.54 Å². The fraction of sp³-hybridized carbons (Fsp3) is 1.00. The second-order valence-corrected chi connectivity index (χ2v) is 5.18. The van der Waals surface area contributed by atoms with Gasteiger partial charge in [0.1, 0.15) is 0 Å². The molecule has 1 aliphatic rings. The summed E-state index contributed by atoms with van der Waals surface area (Å²) < 4.78 is 5.66. The summed E-state index contributed by atoms with van der Waals surface area (Å²) in [5, 5.41) is 9.22. The van der Waals surface area contributed by atoms with Crippen LogP contribution >= 0.6 is 11.8 Å². The predicted octanol–water partition coefficient (Wildman–Crippen LogP) is 0.821. The van der Waals surface area contributed by atoms with Crippen LogP contribution in [-0.2, 0) is 4.74 Å². The third-order valence-corrected chi connectivity index (χ3v) is 3.78. The first-order valence-corrected chi connectivity index (χ1v) is 6.37. The first-order chi connectivity index (χ1) is 6.76. The maximum Gasteiger partial charge on any atom is 0.0792 e. The molecule has 0 spiro atoms. The molecule has 1 rings (SSSR count). The zero-order valence-corrected chi connectivity index (χ0v) is 9.92. The van der Waals surface area contributed by atoms with Crippen molar-refractivity contribution in [2.24, 2.45) is 0 Å². The van der Waals surface area contributed by atoms with Crippen molar-refractivity contribution < 1.29 is 9.84 Å². The Morgan fingerprint density at radius 1 is 1.64 bits per heavy atom. The maximum absolute atomic E-state index is 8.89. The Morgan fingerprint density at radius 3 is 3.07 bits per heavy atom. The van der Waals surface area contributed by atoms with E-state index in [1.165, 1.54) is 0 Å². The molecular weight excluding hydrogens is 198 g/mol. The molecule has 14 heavy (non-hydrogen) atoms. The standard InChI is InChI=1S/C10H21NO2S/c1-3-11-4-5-13-10(6-11)8-14-9(2)7-12/h9-10,12H,3-8H2,1-2H3. The van der Waals surface area contributed by atoms with Gasteiger partial charge in [0.25, 0.3) is 0 Å². The number of nitrogens with zero attached hydrogens (tertiary/aromatic N) is 1. The van der Waals surface area contributed by atoms with Gasteiger partial charge in [-0.2, -0.15) is 11.8 Å². The van der Waals surface area contributed by atoms with Crippen molar-refractivity contribution in [3.8, 4) is 0 Å². The molecule has 0 amide bonds. The smallest absolute Gasteiger partial charge is 0.0792 e. The fourth-order valence-corrected chi connectivity index (χ4v) is 2.34. The Kier molecular flexibility index (Phi) is 5.86. The SMILES string of the molecule is CCN1CCOC(CSC(C)CO)C1. The van der Waals surface area contributed by atoms with Crippen LogP contribution in [0.25, 0.3) is 0 Å². The van der Waals surface area contributed by atoms with Crippen molar-refractivity contribution in [1.29, 1.82) is 0 Å². The summed E-state index contributed by atoms with van der Waals surface area (Å²) in [5.41, 5.74) is 0. The lowest BCUT2D eigenvalue weighted by atomic mass is 10.3. The highest BCUT2D eigenvalue weighted by Crippen LogP contribution is 2.15. The molecule has 0 radical (unpaired) electrons. The second kappa shape index (κ2) is 6.67. The van der Waals surface area contributed by atoms with E-state index in [-0.39, 0.29) is 6.61 Å². The first kappa shape index (κ1) is 12.3. The Morgan fingerprint density at radius 2 is 2.43 bits per heavy atom. The Balaban J connectivity index is 2.17. The lowest BCUT2D eigenvalue weighted by molar-refractivity contribution is -0.0137. The largest absolute Gasteiger partial charge is 0.395 e. The molecule has 0 saturated carbocycles. The van der Waals surface area contributed by atoms with Gasteiger partial charge in [-0.25, -0.2) is 0 Å². The molecule has 0 aromatic carbocycles. The minimum Gasteiger partial charge on any atom is -0.395 e. The third kappa shape index (κ3) is 4.17. The highest BCUT2D eigenvalue weighted by atomic mass is 32.2. The van der Waals surface area contributed by atoms with Crippen LogP contribution in [0.5, 0.6) is 0 Å². The number of likely N-dealkylation sites (N-methyl/N-ethyl adjacent to an activating group) is 1. The summed E-state index contributed by atoms with van der Waals surface area (Å²) in [6.45, 7) is 8.56. The van der Waals surface area contributed by atoms with Crippen molar-refractivity contribution in [2.75, 3.05) is 38.6 Å². The van der Waals surface area contributed by atoms with Crippen LogP contribution in [-0.4, -0.2) is 60.0 Å². The molecule has 0 aromatic rings. The molecule has 0 aromatic heterocycles. The van der Waals surface area contributed by atoms with Crippen LogP contribution in [0, 0.1) is 0 Å². The third-order valence-electron chi connectivity index (χ3n) is 2.49. The normalized spacial score (nSPS) is 26.4. The Labute approximate surface area is 90.8 Å². The second-order valence-electron chi connectivity index (χ2n) is 3.71. The molecule has 84 valence electrons. The summed E-state index contributed by atoms with van der Waals surface area (Å²) in [6, 6.07) is 0. The van der Waals surface area contributed by atoms with Crippen molar-refractivity contribution in [3.63, 3.8) is 0 Å². The van der Waals surface area contributed by atoms with Crippen molar-refractivity contribution in [3.05, 3.63) is 0 Å². The molecule has 1 saturated heterocycles. The topological polar surface area (TPSA) is 32.7 Å². The van der Waals surface area contributed by atoms with Crippen LogP contribution < -0.4 is 0 Å². The summed E-state index contributed by atoms with van der Waals surface area (Å²) in [4.78, 5) is 2.42. The lowest BCUT2D eigenvalue weighted by Crippen LogP contribution is -2.43. The van der Waals surface area contributed by atoms with E-state index >= 15 is 0 Å². The zero-order chi connectivity index (χ0) is 10.4. The van der Waals surface area contributed by atoms with Crippen LogP contribution in [0.3, 0.4) is 0 Å². The number of ether oxygens (including phenoxy) is 1. The molecular formula is C10H21NO2S. The van der Waals surface area contributed by atoms with Gasteiger partial charge in [-0.15, -0.1) is 0 Å². The van der Waals surface area contributed by atoms with Gasteiger partial charge in [0.2, 0.25) is 0 Å². The molecule has 0 bridgehead atoms. The highest BCUT2D eigenvalue weighted by Gasteiger charge is 2.19. The van der Waals surface area contributed by atoms with Crippen molar-refractivity contribution in [2.45, 2.75) is 25.2 Å². The van der Waals surface area contributed by atoms with E-state index in [9.17, 15) is 0 Å². The summed E-state index contributed by atoms with van der Waals surface area (Å²) in [5.74, 6) is 0.998. The number of aliphatic hydroxyl groups excluding tert-OH is 1. The van der Waals surface area contributed by atoms with Crippen molar-refractivity contribution >= 4 is 11.8 Å². The highest BCUT2D eigenvalue weighted by molar-refractivity contribution is 7.99. The van der Waals surface area contributed by atoms with Gasteiger partial charge < -0.3 is 9.84 Å². The van der Waals surface area contributed by atoms with E-state index < -0.39 is 0 Å². The van der Waals surface area contributed by atoms with E-state index in [1.54, 1.807) is 11.8 Å². The van der Waals surface area contributed by atoms with Gasteiger partial charge >= 0.3 is 0 Å².